The summed E-state index contributed by atoms with van der Waals surface area (Å²) in [6, 6.07) is 57.8. The van der Waals surface area contributed by atoms with Crippen molar-refractivity contribution in [3.8, 4) is 22.3 Å². The van der Waals surface area contributed by atoms with Crippen molar-refractivity contribution in [1.82, 2.24) is 0 Å². The quantitative estimate of drug-likeness (QED) is 0.197. The molecule has 6 aromatic carbocycles. The highest BCUT2D eigenvalue weighted by Gasteiger charge is 2.13. The van der Waals surface area contributed by atoms with Crippen LogP contribution in [0.4, 0.5) is 17.1 Å². The van der Waals surface area contributed by atoms with Crippen LogP contribution in [0.25, 0.3) is 34.4 Å². The van der Waals surface area contributed by atoms with Crippen LogP contribution in [-0.2, 0) is 0 Å². The molecular formula is C38H29N. The first-order chi connectivity index (χ1) is 19.3. The maximum atomic E-state index is 2.31. The van der Waals surface area contributed by atoms with Gasteiger partial charge in [0.1, 0.15) is 0 Å². The van der Waals surface area contributed by atoms with Gasteiger partial charge >= 0.3 is 0 Å². The predicted octanol–water partition coefficient (Wildman–Crippen LogP) is 10.7. The maximum absolute atomic E-state index is 2.31. The van der Waals surface area contributed by atoms with E-state index in [1.165, 1.54) is 33.4 Å². The molecule has 1 nitrogen and oxygen atoms in total. The van der Waals surface area contributed by atoms with Crippen molar-refractivity contribution in [2.75, 3.05) is 4.90 Å². The molecule has 0 spiro atoms. The molecule has 0 aliphatic carbocycles. The lowest BCUT2D eigenvalue weighted by Gasteiger charge is -2.26. The van der Waals surface area contributed by atoms with Gasteiger partial charge in [0.05, 0.1) is 0 Å². The minimum atomic E-state index is 1.12. The van der Waals surface area contributed by atoms with E-state index in [1.807, 2.05) is 6.07 Å². The smallest absolute Gasteiger partial charge is 0.0462 e. The molecule has 0 radical (unpaired) electrons. The van der Waals surface area contributed by atoms with Crippen molar-refractivity contribution in [2.45, 2.75) is 0 Å². The van der Waals surface area contributed by atoms with E-state index in [1.54, 1.807) is 0 Å². The first-order valence-electron chi connectivity index (χ1n) is 13.3. The molecule has 0 amide bonds. The second-order valence-electron chi connectivity index (χ2n) is 9.50. The lowest BCUT2D eigenvalue weighted by Crippen LogP contribution is -2.09. The molecule has 0 bridgehead atoms. The standard InChI is InChI=1S/C38H29N/c1-4-10-30(11-5-1)16-17-31-18-24-36(25-19-31)39(37-26-20-34(21-27-37)32-12-6-2-7-13-32)38-28-22-35(23-29-38)33-14-8-3-9-15-33/h1-29H. The van der Waals surface area contributed by atoms with Crippen LogP contribution < -0.4 is 4.90 Å². The highest BCUT2D eigenvalue weighted by atomic mass is 15.1. The molecule has 0 saturated carbocycles. The molecule has 0 unspecified atom stereocenters. The van der Waals surface area contributed by atoms with Gasteiger partial charge in [0, 0.05) is 17.1 Å². The van der Waals surface area contributed by atoms with Gasteiger partial charge in [-0.05, 0) is 69.8 Å². The molecule has 0 atom stereocenters. The van der Waals surface area contributed by atoms with E-state index in [0.29, 0.717) is 0 Å². The van der Waals surface area contributed by atoms with E-state index in [0.717, 1.165) is 17.1 Å². The zero-order chi connectivity index (χ0) is 26.3. The number of anilines is 3. The minimum absolute atomic E-state index is 1.12. The Morgan fingerprint density at radius 3 is 1.00 bits per heavy atom. The summed E-state index contributed by atoms with van der Waals surface area (Å²) in [5, 5.41) is 0. The first kappa shape index (κ1) is 24.2. The molecule has 6 rings (SSSR count). The molecule has 6 aromatic rings. The second-order valence-corrected chi connectivity index (χ2v) is 9.50. The lowest BCUT2D eigenvalue weighted by molar-refractivity contribution is 1.28. The summed E-state index contributed by atoms with van der Waals surface area (Å²) in [5.41, 5.74) is 10.6. The summed E-state index contributed by atoms with van der Waals surface area (Å²) in [7, 11) is 0. The van der Waals surface area contributed by atoms with Crippen molar-refractivity contribution in [2.24, 2.45) is 0 Å². The van der Waals surface area contributed by atoms with Crippen LogP contribution in [0.2, 0.25) is 0 Å². The number of hydrogen-bond donors (Lipinski definition) is 0. The van der Waals surface area contributed by atoms with Crippen LogP contribution in [0.1, 0.15) is 11.1 Å². The van der Waals surface area contributed by atoms with Crippen molar-refractivity contribution in [3.63, 3.8) is 0 Å². The van der Waals surface area contributed by atoms with Gasteiger partial charge < -0.3 is 4.90 Å². The summed E-state index contributed by atoms with van der Waals surface area (Å²) in [4.78, 5) is 2.31. The highest BCUT2D eigenvalue weighted by molar-refractivity contribution is 5.80. The Labute approximate surface area is 231 Å². The van der Waals surface area contributed by atoms with Crippen LogP contribution >= 0.6 is 0 Å². The molecule has 39 heavy (non-hydrogen) atoms. The van der Waals surface area contributed by atoms with E-state index in [-0.39, 0.29) is 0 Å². The number of nitrogens with zero attached hydrogens (tertiary/aromatic N) is 1. The third-order valence-corrected chi connectivity index (χ3v) is 6.88. The summed E-state index contributed by atoms with van der Waals surface area (Å²) in [5.74, 6) is 0. The number of rotatable bonds is 7. The van der Waals surface area contributed by atoms with Crippen LogP contribution in [0.5, 0.6) is 0 Å². The number of benzene rings is 6. The molecule has 0 fully saturated rings. The molecule has 186 valence electrons. The molecular weight excluding hydrogens is 470 g/mol. The van der Waals surface area contributed by atoms with Crippen molar-refractivity contribution in [1.29, 1.82) is 0 Å². The zero-order valence-corrected chi connectivity index (χ0v) is 21.7. The van der Waals surface area contributed by atoms with E-state index in [4.69, 9.17) is 0 Å². The average Bonchev–Trinajstić information content (AvgIpc) is 3.03. The van der Waals surface area contributed by atoms with Gasteiger partial charge in [0.2, 0.25) is 0 Å². The SMILES string of the molecule is C(=Cc1ccc(N(c2ccc(-c3ccccc3)cc2)c2ccc(-c3ccccc3)cc2)cc1)c1ccccc1. The van der Waals surface area contributed by atoms with Gasteiger partial charge in [-0.2, -0.15) is 0 Å². The van der Waals surface area contributed by atoms with Gasteiger partial charge in [-0.25, -0.2) is 0 Å². The number of hydrogen-bond acceptors (Lipinski definition) is 1. The fourth-order valence-electron chi connectivity index (χ4n) is 4.81. The van der Waals surface area contributed by atoms with Crippen LogP contribution in [-0.4, -0.2) is 0 Å². The van der Waals surface area contributed by atoms with Gasteiger partial charge in [-0.1, -0.05) is 140 Å². The summed E-state index contributed by atoms with van der Waals surface area (Å²) in [6.45, 7) is 0. The minimum Gasteiger partial charge on any atom is -0.311 e. The Balaban J connectivity index is 1.34. The molecule has 0 aromatic heterocycles. The summed E-state index contributed by atoms with van der Waals surface area (Å²) >= 11 is 0. The predicted molar refractivity (Wildman–Crippen MR) is 167 cm³/mol. The summed E-state index contributed by atoms with van der Waals surface area (Å²) < 4.78 is 0. The van der Waals surface area contributed by atoms with E-state index in [2.05, 4.69) is 175 Å². The fourth-order valence-corrected chi connectivity index (χ4v) is 4.81. The van der Waals surface area contributed by atoms with Crippen molar-refractivity contribution >= 4 is 29.2 Å². The molecule has 0 N–H and O–H groups in total. The average molecular weight is 500 g/mol. The van der Waals surface area contributed by atoms with Gasteiger partial charge in [-0.15, -0.1) is 0 Å². The van der Waals surface area contributed by atoms with Gasteiger partial charge in [-0.3, -0.25) is 0 Å². The Bertz CT molecular complexity index is 1550. The molecule has 0 aliphatic rings. The largest absolute Gasteiger partial charge is 0.311 e. The Morgan fingerprint density at radius 1 is 0.282 bits per heavy atom. The van der Waals surface area contributed by atoms with E-state index < -0.39 is 0 Å². The topological polar surface area (TPSA) is 3.24 Å². The fraction of sp³-hybridized carbons (Fsp3) is 0. The molecule has 0 aliphatic heterocycles. The van der Waals surface area contributed by atoms with Crippen LogP contribution in [0.15, 0.2) is 164 Å². The van der Waals surface area contributed by atoms with Crippen molar-refractivity contribution < 1.29 is 0 Å². The first-order valence-corrected chi connectivity index (χ1v) is 13.3. The Hall–Kier alpha value is -5.14. The third-order valence-electron chi connectivity index (χ3n) is 6.88. The lowest BCUT2D eigenvalue weighted by atomic mass is 10.0. The van der Waals surface area contributed by atoms with Crippen molar-refractivity contribution in [3.05, 3.63) is 175 Å². The van der Waals surface area contributed by atoms with Crippen LogP contribution in [0, 0.1) is 0 Å². The maximum Gasteiger partial charge on any atom is 0.0462 e. The Morgan fingerprint density at radius 2 is 0.590 bits per heavy atom. The normalized spacial score (nSPS) is 11.0. The third kappa shape index (κ3) is 5.74. The van der Waals surface area contributed by atoms with Crippen LogP contribution in [0.3, 0.4) is 0 Å². The summed E-state index contributed by atoms with van der Waals surface area (Å²) in [6.07, 6.45) is 4.31. The monoisotopic (exact) mass is 499 g/mol. The van der Waals surface area contributed by atoms with Gasteiger partial charge in [0.15, 0.2) is 0 Å². The Kier molecular flexibility index (Phi) is 7.14. The van der Waals surface area contributed by atoms with E-state index in [9.17, 15) is 0 Å². The molecule has 1 heteroatoms. The zero-order valence-electron chi connectivity index (χ0n) is 21.7. The van der Waals surface area contributed by atoms with Gasteiger partial charge in [0.25, 0.3) is 0 Å². The highest BCUT2D eigenvalue weighted by Crippen LogP contribution is 2.36. The van der Waals surface area contributed by atoms with E-state index >= 15 is 0 Å². The second kappa shape index (κ2) is 11.5. The molecule has 0 saturated heterocycles. The molecule has 0 heterocycles.